The van der Waals surface area contributed by atoms with Crippen LogP contribution in [-0.2, 0) is 17.9 Å². The number of imide groups is 1. The summed E-state index contributed by atoms with van der Waals surface area (Å²) in [5, 5.41) is -0.293. The molecule has 8 heteroatoms. The highest BCUT2D eigenvalue weighted by Crippen LogP contribution is 2.40. The van der Waals surface area contributed by atoms with Gasteiger partial charge in [-0.15, -0.1) is 0 Å². The van der Waals surface area contributed by atoms with Crippen molar-refractivity contribution in [1.29, 1.82) is 0 Å². The zero-order valence-electron chi connectivity index (χ0n) is 18.3. The topological polar surface area (TPSA) is 55.8 Å². The Labute approximate surface area is 219 Å². The van der Waals surface area contributed by atoms with E-state index in [0.717, 1.165) is 32.9 Å². The number of amides is 2. The number of nitrogens with zero attached hydrogens (tertiary/aromatic N) is 1. The summed E-state index contributed by atoms with van der Waals surface area (Å²) < 4.78 is 13.4. The second kappa shape index (κ2) is 11.3. The normalized spacial score (nSPS) is 14.7. The Hall–Kier alpha value is -2.55. The van der Waals surface area contributed by atoms with E-state index in [4.69, 9.17) is 9.47 Å². The molecule has 3 aromatic carbocycles. The summed E-state index contributed by atoms with van der Waals surface area (Å²) in [6.45, 7) is 2.96. The summed E-state index contributed by atoms with van der Waals surface area (Å²) in [7, 11) is 0. The summed E-state index contributed by atoms with van der Waals surface area (Å²) in [5.41, 5.74) is 2.64. The molecule has 0 spiro atoms. The number of ether oxygens (including phenoxy) is 2. The highest BCUT2D eigenvalue weighted by atomic mass is 79.9. The summed E-state index contributed by atoms with van der Waals surface area (Å²) in [5.74, 6) is 0.834. The van der Waals surface area contributed by atoms with Gasteiger partial charge >= 0.3 is 0 Å². The summed E-state index contributed by atoms with van der Waals surface area (Å²) in [4.78, 5) is 27.2. The standard InChI is InChI=1S/C26H21Br2NO4S/c1-2-32-22-13-18(12-21(28)24(22)33-16-17-8-4-3-5-9-17)14-23-25(30)29(26(31)34-23)15-19-10-6-7-11-20(19)27/h3-14H,2,15-16H2,1H3/b23-14+. The van der Waals surface area contributed by atoms with Crippen LogP contribution >= 0.6 is 43.6 Å². The van der Waals surface area contributed by atoms with Crippen molar-refractivity contribution in [1.82, 2.24) is 4.90 Å². The molecule has 174 valence electrons. The molecular formula is C26H21Br2NO4S. The molecule has 0 N–H and O–H groups in total. The van der Waals surface area contributed by atoms with E-state index in [2.05, 4.69) is 31.9 Å². The Morgan fingerprint density at radius 3 is 2.41 bits per heavy atom. The molecule has 1 aliphatic rings. The predicted octanol–water partition coefficient (Wildman–Crippen LogP) is 7.43. The van der Waals surface area contributed by atoms with Crippen LogP contribution in [0.5, 0.6) is 11.5 Å². The molecule has 1 heterocycles. The summed E-state index contributed by atoms with van der Waals surface area (Å²) in [6.07, 6.45) is 1.71. The van der Waals surface area contributed by atoms with E-state index < -0.39 is 0 Å². The van der Waals surface area contributed by atoms with Gasteiger partial charge in [-0.1, -0.05) is 64.5 Å². The minimum absolute atomic E-state index is 0.212. The van der Waals surface area contributed by atoms with Crippen molar-refractivity contribution in [2.24, 2.45) is 0 Å². The fourth-order valence-corrected chi connectivity index (χ4v) is 5.21. The average Bonchev–Trinajstić information content (AvgIpc) is 3.08. The van der Waals surface area contributed by atoms with Gasteiger partial charge < -0.3 is 9.47 Å². The number of hydrogen-bond donors (Lipinski definition) is 0. The van der Waals surface area contributed by atoms with Crippen LogP contribution in [-0.4, -0.2) is 22.7 Å². The van der Waals surface area contributed by atoms with Gasteiger partial charge in [0.2, 0.25) is 0 Å². The maximum Gasteiger partial charge on any atom is 0.293 e. The second-order valence-electron chi connectivity index (χ2n) is 7.40. The van der Waals surface area contributed by atoms with Crippen LogP contribution in [0.2, 0.25) is 0 Å². The summed E-state index contributed by atoms with van der Waals surface area (Å²) in [6, 6.07) is 21.1. The molecule has 1 saturated heterocycles. The maximum atomic E-state index is 13.0. The number of hydrogen-bond acceptors (Lipinski definition) is 5. The molecule has 0 radical (unpaired) electrons. The first kappa shape index (κ1) is 24.6. The molecule has 1 aliphatic heterocycles. The molecule has 0 saturated carbocycles. The van der Waals surface area contributed by atoms with Gasteiger partial charge in [-0.2, -0.15) is 0 Å². The lowest BCUT2D eigenvalue weighted by atomic mass is 10.1. The van der Waals surface area contributed by atoms with Crippen molar-refractivity contribution in [2.45, 2.75) is 20.1 Å². The van der Waals surface area contributed by atoms with Crippen molar-refractivity contribution in [3.05, 3.63) is 97.3 Å². The molecule has 0 unspecified atom stereocenters. The van der Waals surface area contributed by atoms with E-state index in [9.17, 15) is 9.59 Å². The minimum atomic E-state index is -0.316. The van der Waals surface area contributed by atoms with Gasteiger partial charge in [0, 0.05) is 4.47 Å². The summed E-state index contributed by atoms with van der Waals surface area (Å²) >= 11 is 7.98. The molecule has 0 atom stereocenters. The van der Waals surface area contributed by atoms with E-state index in [-0.39, 0.29) is 17.7 Å². The Balaban J connectivity index is 1.56. The van der Waals surface area contributed by atoms with E-state index in [1.165, 1.54) is 4.90 Å². The molecule has 0 bridgehead atoms. The maximum absolute atomic E-state index is 13.0. The SMILES string of the molecule is CCOc1cc(/C=C2/SC(=O)N(Cc3ccccc3Br)C2=O)cc(Br)c1OCc1ccccc1. The molecule has 3 aromatic rings. The fraction of sp³-hybridized carbons (Fsp3) is 0.154. The van der Waals surface area contributed by atoms with Gasteiger partial charge in [0.25, 0.3) is 11.1 Å². The first-order valence-electron chi connectivity index (χ1n) is 10.6. The van der Waals surface area contributed by atoms with Crippen LogP contribution in [0, 0.1) is 0 Å². The third-order valence-corrected chi connectivity index (χ3v) is 7.29. The number of halogens is 2. The van der Waals surface area contributed by atoms with Crippen LogP contribution < -0.4 is 9.47 Å². The van der Waals surface area contributed by atoms with Crippen molar-refractivity contribution in [3.8, 4) is 11.5 Å². The van der Waals surface area contributed by atoms with Crippen molar-refractivity contribution in [3.63, 3.8) is 0 Å². The first-order valence-corrected chi connectivity index (χ1v) is 13.0. The first-order chi connectivity index (χ1) is 16.5. The largest absolute Gasteiger partial charge is 0.490 e. The molecule has 2 amide bonds. The molecule has 0 aliphatic carbocycles. The Kier molecular flexibility index (Phi) is 8.13. The molecular weight excluding hydrogens is 582 g/mol. The average molecular weight is 603 g/mol. The quantitative estimate of drug-likeness (QED) is 0.251. The van der Waals surface area contributed by atoms with Gasteiger partial charge in [-0.3, -0.25) is 14.5 Å². The molecule has 4 rings (SSSR count). The lowest BCUT2D eigenvalue weighted by Gasteiger charge is -2.15. The van der Waals surface area contributed by atoms with Gasteiger partial charge in [0.05, 0.1) is 22.5 Å². The Bertz CT molecular complexity index is 1250. The van der Waals surface area contributed by atoms with Crippen LogP contribution in [0.3, 0.4) is 0 Å². The number of carbonyl (C=O) groups excluding carboxylic acids is 2. The Morgan fingerprint density at radius 2 is 1.68 bits per heavy atom. The number of carbonyl (C=O) groups is 2. The van der Waals surface area contributed by atoms with Crippen LogP contribution in [0.1, 0.15) is 23.6 Å². The number of thioether (sulfide) groups is 1. The third-order valence-electron chi connectivity index (χ3n) is 5.02. The highest BCUT2D eigenvalue weighted by Gasteiger charge is 2.35. The lowest BCUT2D eigenvalue weighted by Crippen LogP contribution is -2.27. The fourth-order valence-electron chi connectivity index (χ4n) is 3.39. The lowest BCUT2D eigenvalue weighted by molar-refractivity contribution is -0.123. The molecule has 1 fully saturated rings. The second-order valence-corrected chi connectivity index (χ2v) is 10.1. The molecule has 5 nitrogen and oxygen atoms in total. The predicted molar refractivity (Wildman–Crippen MR) is 142 cm³/mol. The molecule has 34 heavy (non-hydrogen) atoms. The zero-order valence-corrected chi connectivity index (χ0v) is 22.3. The van der Waals surface area contributed by atoms with E-state index in [1.807, 2.05) is 73.7 Å². The van der Waals surface area contributed by atoms with Crippen molar-refractivity contribution in [2.75, 3.05) is 6.61 Å². The van der Waals surface area contributed by atoms with Crippen molar-refractivity contribution >= 4 is 60.8 Å². The van der Waals surface area contributed by atoms with Crippen molar-refractivity contribution < 1.29 is 19.1 Å². The van der Waals surface area contributed by atoms with E-state index in [0.29, 0.717) is 34.1 Å². The van der Waals surface area contributed by atoms with Crippen LogP contribution in [0.25, 0.3) is 6.08 Å². The molecule has 0 aromatic heterocycles. The zero-order chi connectivity index (χ0) is 24.1. The number of rotatable bonds is 8. The number of benzene rings is 3. The Morgan fingerprint density at radius 1 is 0.941 bits per heavy atom. The van der Waals surface area contributed by atoms with Crippen LogP contribution in [0.15, 0.2) is 80.6 Å². The smallest absolute Gasteiger partial charge is 0.293 e. The third kappa shape index (κ3) is 5.74. The van der Waals surface area contributed by atoms with Gasteiger partial charge in [-0.05, 0) is 75.6 Å². The highest BCUT2D eigenvalue weighted by molar-refractivity contribution is 9.10. The monoisotopic (exact) mass is 601 g/mol. The van der Waals surface area contributed by atoms with E-state index >= 15 is 0 Å². The van der Waals surface area contributed by atoms with E-state index in [1.54, 1.807) is 6.08 Å². The minimum Gasteiger partial charge on any atom is -0.490 e. The van der Waals surface area contributed by atoms with Gasteiger partial charge in [0.1, 0.15) is 6.61 Å². The van der Waals surface area contributed by atoms with Gasteiger partial charge in [0.15, 0.2) is 11.5 Å². The van der Waals surface area contributed by atoms with Gasteiger partial charge in [-0.25, -0.2) is 0 Å². The van der Waals surface area contributed by atoms with Crippen LogP contribution in [0.4, 0.5) is 4.79 Å².